The number of carbonyl (C=O) groups excluding carboxylic acids is 1. The van der Waals surface area contributed by atoms with Gasteiger partial charge in [0.05, 0.1) is 12.3 Å². The molecule has 0 aliphatic carbocycles. The van der Waals surface area contributed by atoms with Crippen molar-refractivity contribution in [1.82, 2.24) is 19.1 Å². The van der Waals surface area contributed by atoms with Gasteiger partial charge in [0.1, 0.15) is 17.3 Å². The molecule has 30 heavy (non-hydrogen) atoms. The van der Waals surface area contributed by atoms with Crippen molar-refractivity contribution in [2.45, 2.75) is 18.9 Å². The van der Waals surface area contributed by atoms with Gasteiger partial charge in [-0.2, -0.15) is 5.10 Å². The van der Waals surface area contributed by atoms with Gasteiger partial charge in [0, 0.05) is 24.8 Å². The summed E-state index contributed by atoms with van der Waals surface area (Å²) in [6.07, 6.45) is 4.59. The minimum absolute atomic E-state index is 0.143. The van der Waals surface area contributed by atoms with Crippen LogP contribution < -0.4 is 0 Å². The van der Waals surface area contributed by atoms with Crippen LogP contribution in [0.4, 0.5) is 4.39 Å². The second-order valence-corrected chi connectivity index (χ2v) is 7.59. The Hall–Kier alpha value is -3.45. The molecule has 7 heteroatoms. The standard InChI is InChI=1S/C23H21FN4O2/c24-18-6-3-16(4-7-18)17-5-8-19-9-10-22(27(19)14-17)28-21(11-12-25-28)23(30)26-13-1-2-20(29)15-26/h3-12,14,20,29H,1-2,13,15H2/t20-/m0/s1. The van der Waals surface area contributed by atoms with Crippen LogP contribution in [0.5, 0.6) is 0 Å². The maximum absolute atomic E-state index is 13.3. The quantitative estimate of drug-likeness (QED) is 0.568. The Balaban J connectivity index is 1.54. The van der Waals surface area contributed by atoms with Crippen LogP contribution in [0.2, 0.25) is 0 Å². The predicted molar refractivity (Wildman–Crippen MR) is 111 cm³/mol. The van der Waals surface area contributed by atoms with Crippen molar-refractivity contribution in [2.75, 3.05) is 13.1 Å². The highest BCUT2D eigenvalue weighted by Gasteiger charge is 2.26. The second-order valence-electron chi connectivity index (χ2n) is 7.59. The lowest BCUT2D eigenvalue weighted by Crippen LogP contribution is -2.42. The molecular weight excluding hydrogens is 383 g/mol. The number of fused-ring (bicyclic) bond motifs is 1. The number of rotatable bonds is 3. The van der Waals surface area contributed by atoms with E-state index in [4.69, 9.17) is 0 Å². The number of halogens is 1. The van der Waals surface area contributed by atoms with E-state index in [2.05, 4.69) is 5.10 Å². The summed E-state index contributed by atoms with van der Waals surface area (Å²) >= 11 is 0. The first-order chi connectivity index (χ1) is 14.6. The monoisotopic (exact) mass is 404 g/mol. The van der Waals surface area contributed by atoms with Crippen LogP contribution in [-0.2, 0) is 0 Å². The van der Waals surface area contributed by atoms with Gasteiger partial charge in [0.15, 0.2) is 0 Å². The number of piperidine rings is 1. The molecule has 5 rings (SSSR count). The molecule has 0 spiro atoms. The third kappa shape index (κ3) is 3.27. The van der Waals surface area contributed by atoms with Crippen LogP contribution in [0.15, 0.2) is 67.0 Å². The molecule has 1 amide bonds. The molecule has 4 aromatic rings. The molecule has 1 saturated heterocycles. The van der Waals surface area contributed by atoms with E-state index in [0.29, 0.717) is 18.8 Å². The van der Waals surface area contributed by atoms with Gasteiger partial charge in [-0.3, -0.25) is 4.79 Å². The van der Waals surface area contributed by atoms with E-state index in [0.717, 1.165) is 35.3 Å². The van der Waals surface area contributed by atoms with Crippen molar-refractivity contribution in [1.29, 1.82) is 0 Å². The number of aliphatic hydroxyl groups excluding tert-OH is 1. The van der Waals surface area contributed by atoms with Crippen LogP contribution in [0.1, 0.15) is 23.3 Å². The molecule has 1 fully saturated rings. The van der Waals surface area contributed by atoms with Crippen LogP contribution in [-0.4, -0.2) is 49.3 Å². The van der Waals surface area contributed by atoms with E-state index in [1.54, 1.807) is 34.0 Å². The van der Waals surface area contributed by atoms with Crippen LogP contribution in [0.25, 0.3) is 22.5 Å². The fraction of sp³-hybridized carbons (Fsp3) is 0.217. The first-order valence-corrected chi connectivity index (χ1v) is 9.99. The Morgan fingerprint density at radius 1 is 1.03 bits per heavy atom. The first-order valence-electron chi connectivity index (χ1n) is 9.99. The van der Waals surface area contributed by atoms with Gasteiger partial charge in [0.2, 0.25) is 0 Å². The highest BCUT2D eigenvalue weighted by atomic mass is 19.1. The number of hydrogen-bond donors (Lipinski definition) is 1. The molecule has 0 bridgehead atoms. The molecule has 1 aromatic carbocycles. The summed E-state index contributed by atoms with van der Waals surface area (Å²) < 4.78 is 16.9. The minimum atomic E-state index is -0.480. The summed E-state index contributed by atoms with van der Waals surface area (Å²) in [5, 5.41) is 14.3. The van der Waals surface area contributed by atoms with E-state index >= 15 is 0 Å². The van der Waals surface area contributed by atoms with Gasteiger partial charge in [0.25, 0.3) is 5.91 Å². The van der Waals surface area contributed by atoms with Crippen LogP contribution in [0.3, 0.4) is 0 Å². The lowest BCUT2D eigenvalue weighted by molar-refractivity contribution is 0.0466. The van der Waals surface area contributed by atoms with Gasteiger partial charge in [-0.1, -0.05) is 18.2 Å². The molecule has 6 nitrogen and oxygen atoms in total. The van der Waals surface area contributed by atoms with Crippen molar-refractivity contribution in [3.63, 3.8) is 0 Å². The lowest BCUT2D eigenvalue weighted by atomic mass is 10.1. The minimum Gasteiger partial charge on any atom is -0.391 e. The van der Waals surface area contributed by atoms with Crippen molar-refractivity contribution in [3.05, 3.63) is 78.5 Å². The Labute approximate surface area is 172 Å². The Morgan fingerprint density at radius 3 is 2.60 bits per heavy atom. The van der Waals surface area contributed by atoms with Crippen LogP contribution in [0, 0.1) is 5.82 Å². The van der Waals surface area contributed by atoms with Crippen molar-refractivity contribution >= 4 is 11.4 Å². The number of aliphatic hydroxyl groups is 1. The molecule has 0 saturated carbocycles. The molecule has 1 aliphatic rings. The number of benzene rings is 1. The zero-order valence-electron chi connectivity index (χ0n) is 16.3. The maximum atomic E-state index is 13.3. The molecule has 4 heterocycles. The van der Waals surface area contributed by atoms with Crippen molar-refractivity contribution < 1.29 is 14.3 Å². The van der Waals surface area contributed by atoms with E-state index in [-0.39, 0.29) is 11.7 Å². The summed E-state index contributed by atoms with van der Waals surface area (Å²) in [6.45, 7) is 0.971. The SMILES string of the molecule is O=C(c1ccnn1-c1ccc2ccc(-c3ccc(F)cc3)cn12)N1CCC[C@H](O)C1. The summed E-state index contributed by atoms with van der Waals surface area (Å²) in [7, 11) is 0. The summed E-state index contributed by atoms with van der Waals surface area (Å²) in [5.74, 6) is 0.319. The van der Waals surface area contributed by atoms with Crippen molar-refractivity contribution in [3.8, 4) is 16.9 Å². The highest BCUT2D eigenvalue weighted by molar-refractivity contribution is 5.93. The number of hydrogen-bond acceptors (Lipinski definition) is 3. The number of aromatic nitrogens is 3. The number of nitrogens with zero attached hydrogens (tertiary/aromatic N) is 4. The average molecular weight is 404 g/mol. The molecule has 1 aliphatic heterocycles. The van der Waals surface area contributed by atoms with Crippen LogP contribution >= 0.6 is 0 Å². The maximum Gasteiger partial charge on any atom is 0.272 e. The summed E-state index contributed by atoms with van der Waals surface area (Å²) in [4.78, 5) is 14.8. The third-order valence-electron chi connectivity index (χ3n) is 5.57. The number of amides is 1. The molecule has 3 aromatic heterocycles. The summed E-state index contributed by atoms with van der Waals surface area (Å²) in [5.41, 5.74) is 3.24. The third-order valence-corrected chi connectivity index (χ3v) is 5.57. The van der Waals surface area contributed by atoms with Gasteiger partial charge >= 0.3 is 0 Å². The van der Waals surface area contributed by atoms with E-state index in [1.807, 2.05) is 34.9 Å². The first kappa shape index (κ1) is 18.6. The van der Waals surface area contributed by atoms with Gasteiger partial charge in [-0.15, -0.1) is 0 Å². The topological polar surface area (TPSA) is 62.8 Å². The second kappa shape index (κ2) is 7.42. The largest absolute Gasteiger partial charge is 0.391 e. The van der Waals surface area contributed by atoms with Gasteiger partial charge < -0.3 is 14.4 Å². The fourth-order valence-corrected chi connectivity index (χ4v) is 4.02. The number of pyridine rings is 1. The number of likely N-dealkylation sites (tertiary alicyclic amines) is 1. The zero-order valence-corrected chi connectivity index (χ0v) is 16.3. The fourth-order valence-electron chi connectivity index (χ4n) is 4.02. The van der Waals surface area contributed by atoms with Gasteiger partial charge in [-0.25, -0.2) is 9.07 Å². The molecule has 0 unspecified atom stereocenters. The molecule has 152 valence electrons. The van der Waals surface area contributed by atoms with Gasteiger partial charge in [-0.05, 0) is 60.4 Å². The molecule has 0 radical (unpaired) electrons. The number of β-amino-alcohol motifs (C(OH)–C–C–N with tert-alkyl or cyclic N) is 1. The van der Waals surface area contributed by atoms with E-state index in [9.17, 15) is 14.3 Å². The Kier molecular flexibility index (Phi) is 4.59. The Morgan fingerprint density at radius 2 is 1.80 bits per heavy atom. The lowest BCUT2D eigenvalue weighted by Gasteiger charge is -2.30. The van der Waals surface area contributed by atoms with Crippen molar-refractivity contribution in [2.24, 2.45) is 0 Å². The number of carbonyl (C=O) groups is 1. The zero-order chi connectivity index (χ0) is 20.7. The molecular formula is C23H21FN4O2. The summed E-state index contributed by atoms with van der Waals surface area (Å²) in [6, 6.07) is 15.9. The smallest absolute Gasteiger partial charge is 0.272 e. The van der Waals surface area contributed by atoms with E-state index < -0.39 is 6.10 Å². The Bertz CT molecular complexity index is 1210. The van der Waals surface area contributed by atoms with E-state index in [1.165, 1.54) is 12.1 Å². The average Bonchev–Trinajstić information content (AvgIpc) is 3.40. The normalized spacial score (nSPS) is 16.9. The molecule has 1 N–H and O–H groups in total. The predicted octanol–water partition coefficient (Wildman–Crippen LogP) is 3.53. The highest BCUT2D eigenvalue weighted by Crippen LogP contribution is 2.24. The molecule has 1 atom stereocenters.